The third-order valence-electron chi connectivity index (χ3n) is 7.49. The Bertz CT molecular complexity index is 1620. The molecule has 4 aromatic rings. The van der Waals surface area contributed by atoms with E-state index in [0.29, 0.717) is 37.8 Å². The molecular weight excluding hydrogens is 537 g/mol. The predicted molar refractivity (Wildman–Crippen MR) is 150 cm³/mol. The topological polar surface area (TPSA) is 108 Å². The number of carbonyl (C=O) groups is 1. The lowest BCUT2D eigenvalue weighted by atomic mass is 10.1. The first-order valence-electron chi connectivity index (χ1n) is 13.2. The number of fused-ring (bicyclic) bond motifs is 1. The summed E-state index contributed by atoms with van der Waals surface area (Å²) in [6.07, 6.45) is 8.55. The van der Waals surface area contributed by atoms with E-state index < -0.39 is 22.8 Å². The van der Waals surface area contributed by atoms with Gasteiger partial charge in [-0.3, -0.25) is 14.7 Å². The van der Waals surface area contributed by atoms with E-state index in [2.05, 4.69) is 19.9 Å². The number of hydrogen-bond donors (Lipinski definition) is 1. The van der Waals surface area contributed by atoms with Gasteiger partial charge in [0.1, 0.15) is 11.4 Å². The maximum atomic E-state index is 15.6. The van der Waals surface area contributed by atoms with Crippen molar-refractivity contribution in [3.8, 4) is 5.69 Å². The van der Waals surface area contributed by atoms with Crippen molar-refractivity contribution in [2.75, 3.05) is 49.1 Å². The summed E-state index contributed by atoms with van der Waals surface area (Å²) in [5.41, 5.74) is 0.522. The Labute approximate surface area is 234 Å². The number of anilines is 2. The Balaban J connectivity index is 1.40. The van der Waals surface area contributed by atoms with E-state index in [1.807, 2.05) is 21.9 Å². The third-order valence-corrected chi connectivity index (χ3v) is 7.85. The smallest absolute Gasteiger partial charge is 0.341 e. The number of likely N-dealkylation sites (tertiary alicyclic amines) is 1. The number of rotatable bonds is 6. The first-order chi connectivity index (χ1) is 19.4. The predicted octanol–water partition coefficient (Wildman–Crippen LogP) is 3.59. The number of aromatic nitrogens is 4. The van der Waals surface area contributed by atoms with E-state index in [1.165, 1.54) is 23.6 Å². The van der Waals surface area contributed by atoms with Crippen molar-refractivity contribution in [1.82, 2.24) is 24.4 Å². The van der Waals surface area contributed by atoms with Crippen LogP contribution in [0.4, 0.5) is 16.0 Å². The molecule has 0 radical (unpaired) electrons. The summed E-state index contributed by atoms with van der Waals surface area (Å²) >= 11 is 6.88. The molecule has 0 amide bonds. The van der Waals surface area contributed by atoms with Crippen molar-refractivity contribution in [3.63, 3.8) is 0 Å². The average Bonchev–Trinajstić information content (AvgIpc) is 3.48. The molecule has 0 spiro atoms. The third kappa shape index (κ3) is 4.86. The van der Waals surface area contributed by atoms with Crippen molar-refractivity contribution in [2.24, 2.45) is 0 Å². The maximum absolute atomic E-state index is 15.6. The van der Waals surface area contributed by atoms with E-state index >= 15 is 4.39 Å². The lowest BCUT2D eigenvalue weighted by Crippen LogP contribution is -2.47. The molecule has 2 aliphatic heterocycles. The number of nitrogens with zero attached hydrogens (tertiary/aromatic N) is 7. The molecule has 0 unspecified atom stereocenters. The summed E-state index contributed by atoms with van der Waals surface area (Å²) in [5, 5.41) is 9.66. The normalized spacial score (nSPS) is 16.1. The quantitative estimate of drug-likeness (QED) is 0.376. The van der Waals surface area contributed by atoms with Crippen LogP contribution in [0.15, 0.2) is 53.8 Å². The number of carboxylic acid groups (broad SMARTS) is 1. The van der Waals surface area contributed by atoms with Gasteiger partial charge in [-0.1, -0.05) is 11.6 Å². The standard InChI is InChI=1S/C28H27ClFN7O3/c29-23-24-20(14-22(30)25(23)35-10-12-36(13-11-35)28-31-6-3-7-32-28)26(38)21(27(39)40)17-37(24)19-5-4-18(33-15-19)16-34-8-1-2-9-34/h3-7,14-15,17H,1-2,8-13,16H2,(H,39,40). The highest BCUT2D eigenvalue weighted by Gasteiger charge is 2.27. The molecule has 2 aliphatic rings. The highest BCUT2D eigenvalue weighted by Crippen LogP contribution is 2.37. The number of pyridine rings is 2. The van der Waals surface area contributed by atoms with Gasteiger partial charge in [-0.25, -0.2) is 19.2 Å². The Morgan fingerprint density at radius 3 is 2.35 bits per heavy atom. The first-order valence-corrected chi connectivity index (χ1v) is 13.5. The van der Waals surface area contributed by atoms with Crippen molar-refractivity contribution in [1.29, 1.82) is 0 Å². The van der Waals surface area contributed by atoms with Crippen LogP contribution in [0, 0.1) is 5.82 Å². The first kappa shape index (κ1) is 26.1. The Morgan fingerprint density at radius 2 is 1.70 bits per heavy atom. The van der Waals surface area contributed by atoms with Gasteiger partial charge in [-0.15, -0.1) is 0 Å². The van der Waals surface area contributed by atoms with Crippen molar-refractivity contribution < 1.29 is 14.3 Å². The van der Waals surface area contributed by atoms with E-state index in [0.717, 1.165) is 31.4 Å². The number of hydrogen-bond acceptors (Lipinski definition) is 8. The SMILES string of the molecule is O=C(O)c1cn(-c2ccc(CN3CCCC3)nc2)c2c(Cl)c(N3CCN(c4ncccn4)CC3)c(F)cc2c1=O. The molecule has 2 fully saturated rings. The van der Waals surface area contributed by atoms with E-state index in [4.69, 9.17) is 11.6 Å². The zero-order valence-corrected chi connectivity index (χ0v) is 22.4. The fourth-order valence-electron chi connectivity index (χ4n) is 5.46. The van der Waals surface area contributed by atoms with Gasteiger partial charge >= 0.3 is 5.97 Å². The second kappa shape index (κ2) is 10.8. The summed E-state index contributed by atoms with van der Waals surface area (Å²) in [5.74, 6) is -1.49. The van der Waals surface area contributed by atoms with Crippen LogP contribution in [0.1, 0.15) is 28.9 Å². The monoisotopic (exact) mass is 563 g/mol. The van der Waals surface area contributed by atoms with Gasteiger partial charge < -0.3 is 19.5 Å². The highest BCUT2D eigenvalue weighted by atomic mass is 35.5. The maximum Gasteiger partial charge on any atom is 0.341 e. The van der Waals surface area contributed by atoms with Crippen molar-refractivity contribution in [3.05, 3.63) is 81.4 Å². The summed E-state index contributed by atoms with van der Waals surface area (Å²) in [6.45, 7) is 4.78. The minimum absolute atomic E-state index is 0.0367. The molecule has 0 saturated carbocycles. The van der Waals surface area contributed by atoms with Crippen LogP contribution in [-0.2, 0) is 6.54 Å². The summed E-state index contributed by atoms with van der Waals surface area (Å²) in [7, 11) is 0. The van der Waals surface area contributed by atoms with Crippen LogP contribution in [0.3, 0.4) is 0 Å². The lowest BCUT2D eigenvalue weighted by Gasteiger charge is -2.36. The molecule has 40 heavy (non-hydrogen) atoms. The molecule has 2 saturated heterocycles. The van der Waals surface area contributed by atoms with Crippen LogP contribution in [-0.4, -0.2) is 74.8 Å². The fourth-order valence-corrected chi connectivity index (χ4v) is 5.86. The van der Waals surface area contributed by atoms with Crippen LogP contribution < -0.4 is 15.2 Å². The Morgan fingerprint density at radius 1 is 1.00 bits per heavy atom. The minimum atomic E-state index is -1.40. The van der Waals surface area contributed by atoms with Gasteiger partial charge in [0.2, 0.25) is 11.4 Å². The molecule has 1 N–H and O–H groups in total. The lowest BCUT2D eigenvalue weighted by molar-refractivity contribution is 0.0695. The van der Waals surface area contributed by atoms with Crippen LogP contribution in [0.2, 0.25) is 5.02 Å². The molecule has 3 aromatic heterocycles. The molecule has 12 heteroatoms. The zero-order valence-electron chi connectivity index (χ0n) is 21.6. The van der Waals surface area contributed by atoms with E-state index in [-0.39, 0.29) is 21.6 Å². The Hall–Kier alpha value is -4.09. The number of carboxylic acids is 1. The zero-order chi connectivity index (χ0) is 27.8. The molecule has 206 valence electrons. The molecule has 6 rings (SSSR count). The van der Waals surface area contributed by atoms with Gasteiger partial charge in [0, 0.05) is 51.3 Å². The molecule has 0 atom stereocenters. The summed E-state index contributed by atoms with van der Waals surface area (Å²) in [4.78, 5) is 44.4. The van der Waals surface area contributed by atoms with Crippen LogP contribution in [0.5, 0.6) is 0 Å². The molecule has 0 aliphatic carbocycles. The van der Waals surface area contributed by atoms with Gasteiger partial charge in [0.15, 0.2) is 0 Å². The highest BCUT2D eigenvalue weighted by molar-refractivity contribution is 6.38. The minimum Gasteiger partial charge on any atom is -0.477 e. The van der Waals surface area contributed by atoms with Gasteiger partial charge in [-0.2, -0.15) is 0 Å². The van der Waals surface area contributed by atoms with Gasteiger partial charge in [0.05, 0.1) is 39.2 Å². The fraction of sp³-hybridized carbons (Fsp3) is 0.321. The van der Waals surface area contributed by atoms with Crippen molar-refractivity contribution >= 4 is 40.1 Å². The largest absolute Gasteiger partial charge is 0.477 e. The van der Waals surface area contributed by atoms with Gasteiger partial charge in [-0.05, 0) is 50.2 Å². The number of aromatic carboxylic acids is 1. The average molecular weight is 564 g/mol. The second-order valence-electron chi connectivity index (χ2n) is 9.98. The van der Waals surface area contributed by atoms with Crippen LogP contribution >= 0.6 is 11.6 Å². The summed E-state index contributed by atoms with van der Waals surface area (Å²) < 4.78 is 17.1. The Kier molecular flexibility index (Phi) is 7.07. The molecular formula is C28H27ClFN7O3. The van der Waals surface area contributed by atoms with Gasteiger partial charge in [0.25, 0.3) is 0 Å². The molecule has 1 aromatic carbocycles. The molecule has 0 bridgehead atoms. The number of piperazine rings is 1. The number of benzene rings is 1. The van der Waals surface area contributed by atoms with Crippen molar-refractivity contribution in [2.45, 2.75) is 19.4 Å². The molecule has 5 heterocycles. The van der Waals surface area contributed by atoms with E-state index in [9.17, 15) is 14.7 Å². The van der Waals surface area contributed by atoms with Crippen LogP contribution in [0.25, 0.3) is 16.6 Å². The number of halogens is 2. The van der Waals surface area contributed by atoms with E-state index in [1.54, 1.807) is 24.7 Å². The second-order valence-corrected chi connectivity index (χ2v) is 10.4. The summed E-state index contributed by atoms with van der Waals surface area (Å²) in [6, 6.07) is 6.52. The molecule has 10 nitrogen and oxygen atoms in total.